The lowest BCUT2D eigenvalue weighted by molar-refractivity contribution is 0.425. The molecule has 0 spiro atoms. The van der Waals surface area contributed by atoms with E-state index in [-0.39, 0.29) is 5.69 Å². The Bertz CT molecular complexity index is 568. The van der Waals surface area contributed by atoms with Gasteiger partial charge in [-0.25, -0.2) is 9.78 Å². The fourth-order valence-corrected chi connectivity index (χ4v) is 1.56. The van der Waals surface area contributed by atoms with Crippen LogP contribution in [0.1, 0.15) is 5.56 Å². The molecule has 0 aliphatic heterocycles. The molecule has 1 aromatic carbocycles. The predicted octanol–water partition coefficient (Wildman–Crippen LogP) is -1.03. The molecule has 6 heteroatoms. The molecule has 17 heavy (non-hydrogen) atoms. The number of hydrogen-bond donors (Lipinski definition) is 2. The number of hydrogen-bond acceptors (Lipinski definition) is 4. The van der Waals surface area contributed by atoms with Crippen molar-refractivity contribution in [3.05, 3.63) is 58.8 Å². The van der Waals surface area contributed by atoms with Crippen LogP contribution in [-0.4, -0.2) is 26.7 Å². The maximum Gasteiger partial charge on any atom is 0.488 e. The van der Waals surface area contributed by atoms with Crippen molar-refractivity contribution in [3.63, 3.8) is 0 Å². The maximum atomic E-state index is 11.4. The van der Waals surface area contributed by atoms with Crippen molar-refractivity contribution in [1.82, 2.24) is 9.55 Å². The molecular weight excluding hydrogens is 219 g/mol. The zero-order valence-corrected chi connectivity index (χ0v) is 9.02. The van der Waals surface area contributed by atoms with Crippen LogP contribution in [0, 0.1) is 0 Å². The van der Waals surface area contributed by atoms with Gasteiger partial charge in [-0.15, -0.1) is 0 Å². The zero-order valence-electron chi connectivity index (χ0n) is 9.02. The fourth-order valence-electron chi connectivity index (χ4n) is 1.56. The summed E-state index contributed by atoms with van der Waals surface area (Å²) in [6.07, 6.45) is 3.07. The first-order chi connectivity index (χ1) is 8.16. The van der Waals surface area contributed by atoms with E-state index >= 15 is 0 Å². The summed E-state index contributed by atoms with van der Waals surface area (Å²) in [5.41, 5.74) is 0.882. The molecule has 0 aliphatic carbocycles. The summed E-state index contributed by atoms with van der Waals surface area (Å²) < 4.78 is 1.45. The second kappa shape index (κ2) is 4.94. The van der Waals surface area contributed by atoms with Gasteiger partial charge in [0, 0.05) is 12.4 Å². The molecule has 0 radical (unpaired) electrons. The van der Waals surface area contributed by atoms with Crippen LogP contribution in [0.4, 0.5) is 0 Å². The minimum atomic E-state index is -1.50. The molecule has 1 aromatic heterocycles. The van der Waals surface area contributed by atoms with E-state index in [0.29, 0.717) is 12.0 Å². The molecule has 0 unspecified atom stereocenters. The van der Waals surface area contributed by atoms with Gasteiger partial charge in [0.15, 0.2) is 0 Å². The van der Waals surface area contributed by atoms with Gasteiger partial charge in [-0.05, 0) is 17.1 Å². The van der Waals surface area contributed by atoms with E-state index in [9.17, 15) is 4.79 Å². The third-order valence-electron chi connectivity index (χ3n) is 2.38. The highest BCUT2D eigenvalue weighted by Crippen LogP contribution is 1.99. The Morgan fingerprint density at radius 2 is 2.12 bits per heavy atom. The highest BCUT2D eigenvalue weighted by atomic mass is 16.4. The molecule has 0 saturated heterocycles. The van der Waals surface area contributed by atoms with Crippen molar-refractivity contribution in [1.29, 1.82) is 0 Å². The Labute approximate surface area is 98.1 Å². The molecule has 0 atom stereocenters. The van der Waals surface area contributed by atoms with Crippen LogP contribution in [0.15, 0.2) is 47.5 Å². The molecule has 0 aliphatic rings. The fraction of sp³-hybridized carbons (Fsp3) is 0.0909. The van der Waals surface area contributed by atoms with Gasteiger partial charge in [-0.1, -0.05) is 24.3 Å². The summed E-state index contributed by atoms with van der Waals surface area (Å²) in [5, 5.41) is 18.1. The van der Waals surface area contributed by atoms with E-state index in [0.717, 1.165) is 5.56 Å². The van der Waals surface area contributed by atoms with Crippen LogP contribution in [0.2, 0.25) is 0 Å². The first-order valence-electron chi connectivity index (χ1n) is 5.13. The Balaban J connectivity index is 2.28. The summed E-state index contributed by atoms with van der Waals surface area (Å²) in [6, 6.07) is 8.45. The lowest BCUT2D eigenvalue weighted by Gasteiger charge is -2.06. The van der Waals surface area contributed by atoms with E-state index < -0.39 is 7.12 Å². The normalized spacial score (nSPS) is 10.2. The molecule has 86 valence electrons. The molecule has 0 fully saturated rings. The molecule has 5 nitrogen and oxygen atoms in total. The van der Waals surface area contributed by atoms with Crippen molar-refractivity contribution >= 4 is 12.6 Å². The predicted molar refractivity (Wildman–Crippen MR) is 63.9 cm³/mol. The Morgan fingerprint density at radius 1 is 1.29 bits per heavy atom. The van der Waals surface area contributed by atoms with E-state index in [1.807, 2.05) is 6.07 Å². The number of aromatic nitrogens is 2. The van der Waals surface area contributed by atoms with Crippen LogP contribution in [0.3, 0.4) is 0 Å². The number of nitrogens with zero attached hydrogens (tertiary/aromatic N) is 2. The molecule has 0 bridgehead atoms. The topological polar surface area (TPSA) is 75.4 Å². The van der Waals surface area contributed by atoms with E-state index in [1.54, 1.807) is 30.5 Å². The van der Waals surface area contributed by atoms with Crippen molar-refractivity contribution in [2.24, 2.45) is 0 Å². The third kappa shape index (κ3) is 2.80. The van der Waals surface area contributed by atoms with Crippen molar-refractivity contribution in [2.75, 3.05) is 0 Å². The Kier molecular flexibility index (Phi) is 3.36. The lowest BCUT2D eigenvalue weighted by Crippen LogP contribution is -2.30. The van der Waals surface area contributed by atoms with E-state index in [1.165, 1.54) is 10.8 Å². The van der Waals surface area contributed by atoms with Crippen LogP contribution >= 0.6 is 0 Å². The molecule has 2 aromatic rings. The van der Waals surface area contributed by atoms with Crippen molar-refractivity contribution in [2.45, 2.75) is 6.54 Å². The Morgan fingerprint density at radius 3 is 2.82 bits per heavy atom. The molecule has 0 amide bonds. The number of benzene rings is 1. The second-order valence-electron chi connectivity index (χ2n) is 3.65. The van der Waals surface area contributed by atoms with Crippen LogP contribution in [0.5, 0.6) is 0 Å². The van der Waals surface area contributed by atoms with Gasteiger partial charge in [0.1, 0.15) is 0 Å². The van der Waals surface area contributed by atoms with Crippen LogP contribution < -0.4 is 11.2 Å². The molecule has 2 N–H and O–H groups in total. The smallest absolute Gasteiger partial charge is 0.423 e. The van der Waals surface area contributed by atoms with Gasteiger partial charge in [-0.3, -0.25) is 4.57 Å². The standard InChI is InChI=1S/C11H11BN2O3/c15-11-13-5-2-6-14(11)8-9-3-1-4-10(7-9)12(16)17/h1-7,16-17H,8H2. The van der Waals surface area contributed by atoms with Gasteiger partial charge < -0.3 is 10.0 Å². The molecule has 2 rings (SSSR count). The van der Waals surface area contributed by atoms with Gasteiger partial charge in [0.2, 0.25) is 0 Å². The van der Waals surface area contributed by atoms with E-state index in [4.69, 9.17) is 10.0 Å². The van der Waals surface area contributed by atoms with E-state index in [2.05, 4.69) is 4.98 Å². The monoisotopic (exact) mass is 230 g/mol. The summed E-state index contributed by atoms with van der Waals surface area (Å²) >= 11 is 0. The minimum absolute atomic E-state index is 0.331. The highest BCUT2D eigenvalue weighted by molar-refractivity contribution is 6.58. The van der Waals surface area contributed by atoms with Gasteiger partial charge in [0.25, 0.3) is 0 Å². The maximum absolute atomic E-state index is 11.4. The Hall–Kier alpha value is -1.92. The number of rotatable bonds is 3. The van der Waals surface area contributed by atoms with Gasteiger partial charge >= 0.3 is 12.8 Å². The molecule has 1 heterocycles. The quantitative estimate of drug-likeness (QED) is 0.661. The second-order valence-corrected chi connectivity index (χ2v) is 3.65. The van der Waals surface area contributed by atoms with Crippen LogP contribution in [0.25, 0.3) is 0 Å². The summed E-state index contributed by atoms with van der Waals surface area (Å²) in [5.74, 6) is 0. The summed E-state index contributed by atoms with van der Waals surface area (Å²) in [4.78, 5) is 15.0. The SMILES string of the molecule is O=c1ncccn1Cc1cccc(B(O)O)c1. The first kappa shape index (κ1) is 11.6. The third-order valence-corrected chi connectivity index (χ3v) is 2.38. The van der Waals surface area contributed by atoms with Gasteiger partial charge in [0.05, 0.1) is 6.54 Å². The van der Waals surface area contributed by atoms with Gasteiger partial charge in [-0.2, -0.15) is 0 Å². The lowest BCUT2D eigenvalue weighted by atomic mass is 9.79. The summed E-state index contributed by atoms with van der Waals surface area (Å²) in [7, 11) is -1.50. The minimum Gasteiger partial charge on any atom is -0.423 e. The zero-order chi connectivity index (χ0) is 12.3. The van der Waals surface area contributed by atoms with Crippen LogP contribution in [-0.2, 0) is 6.54 Å². The average molecular weight is 230 g/mol. The van der Waals surface area contributed by atoms with Crippen molar-refractivity contribution in [3.8, 4) is 0 Å². The summed E-state index contributed by atoms with van der Waals surface area (Å²) in [6.45, 7) is 0.354. The largest absolute Gasteiger partial charge is 0.488 e. The highest BCUT2D eigenvalue weighted by Gasteiger charge is 2.10. The first-order valence-corrected chi connectivity index (χ1v) is 5.13. The molecule has 0 saturated carbocycles. The molecular formula is C11H11BN2O3. The average Bonchev–Trinajstić information content (AvgIpc) is 2.32. The van der Waals surface area contributed by atoms with Crippen molar-refractivity contribution < 1.29 is 10.0 Å².